The highest BCUT2D eigenvalue weighted by molar-refractivity contribution is 6.01. The van der Waals surface area contributed by atoms with Crippen molar-refractivity contribution in [3.8, 4) is 16.9 Å². The fraction of sp³-hybridized carbons (Fsp3) is 0.400. The molecule has 1 aromatic heterocycles. The molecule has 0 saturated carbocycles. The Hall–Kier alpha value is -2.35. The van der Waals surface area contributed by atoms with Crippen LogP contribution in [0.3, 0.4) is 0 Å². The van der Waals surface area contributed by atoms with Crippen molar-refractivity contribution in [2.24, 2.45) is 0 Å². The molecular weight excluding hydrogens is 330 g/mol. The van der Waals surface area contributed by atoms with Gasteiger partial charge in [-0.3, -0.25) is 4.98 Å². The van der Waals surface area contributed by atoms with Crippen molar-refractivity contribution >= 4 is 10.9 Å². The summed E-state index contributed by atoms with van der Waals surface area (Å²) in [7, 11) is 0. The lowest BCUT2D eigenvalue weighted by Gasteiger charge is -2.28. The molecule has 0 aliphatic rings. The molecule has 142 valence electrons. The van der Waals surface area contributed by atoms with Crippen LogP contribution < -0.4 is 0 Å². The highest BCUT2D eigenvalue weighted by atomic mass is 16.3. The summed E-state index contributed by atoms with van der Waals surface area (Å²) in [6.45, 7) is 13.3. The van der Waals surface area contributed by atoms with Gasteiger partial charge in [-0.05, 0) is 52.5 Å². The number of pyridine rings is 1. The standard InChI is InChI=1S/C25H31NO/c1-7-24(3,4)18-14-20-23(21(27)15-18)22(17-12-10-9-11-13-17)19(16-26-20)25(5,6)8-2/h9-16,27H,7-8H2,1-6H3. The highest BCUT2D eigenvalue weighted by Crippen LogP contribution is 2.43. The maximum atomic E-state index is 11.1. The normalized spacial score (nSPS) is 12.5. The van der Waals surface area contributed by atoms with Crippen LogP contribution in [0.15, 0.2) is 48.7 Å². The van der Waals surface area contributed by atoms with Crippen molar-refractivity contribution in [3.05, 3.63) is 59.8 Å². The van der Waals surface area contributed by atoms with Crippen molar-refractivity contribution in [2.45, 2.75) is 65.2 Å². The summed E-state index contributed by atoms with van der Waals surface area (Å²) in [5.41, 5.74) is 5.37. The van der Waals surface area contributed by atoms with E-state index in [1.54, 1.807) is 0 Å². The lowest BCUT2D eigenvalue weighted by atomic mass is 9.77. The van der Waals surface area contributed by atoms with Crippen molar-refractivity contribution < 1.29 is 5.11 Å². The minimum Gasteiger partial charge on any atom is -0.507 e. The van der Waals surface area contributed by atoms with Gasteiger partial charge in [-0.2, -0.15) is 0 Å². The van der Waals surface area contributed by atoms with Gasteiger partial charge in [-0.25, -0.2) is 0 Å². The average Bonchev–Trinajstić information content (AvgIpc) is 2.67. The van der Waals surface area contributed by atoms with Crippen LogP contribution in [-0.2, 0) is 10.8 Å². The van der Waals surface area contributed by atoms with Gasteiger partial charge in [0.1, 0.15) is 5.75 Å². The fourth-order valence-corrected chi connectivity index (χ4v) is 3.51. The molecule has 0 aliphatic carbocycles. The second-order valence-electron chi connectivity index (χ2n) is 8.78. The third-order valence-electron chi connectivity index (χ3n) is 6.29. The lowest BCUT2D eigenvalue weighted by molar-refractivity contribution is 0.469. The first kappa shape index (κ1) is 19.4. The molecule has 2 heteroatoms. The zero-order valence-corrected chi connectivity index (χ0v) is 17.4. The molecule has 2 nitrogen and oxygen atoms in total. The maximum Gasteiger partial charge on any atom is 0.125 e. The summed E-state index contributed by atoms with van der Waals surface area (Å²) in [6.07, 6.45) is 4.02. The second kappa shape index (κ2) is 6.99. The van der Waals surface area contributed by atoms with Gasteiger partial charge in [-0.1, -0.05) is 71.9 Å². The van der Waals surface area contributed by atoms with Crippen molar-refractivity contribution in [3.63, 3.8) is 0 Å². The third-order valence-corrected chi connectivity index (χ3v) is 6.29. The van der Waals surface area contributed by atoms with Crippen molar-refractivity contribution in [1.29, 1.82) is 0 Å². The molecule has 0 unspecified atom stereocenters. The first-order chi connectivity index (χ1) is 12.7. The molecule has 0 bridgehead atoms. The number of phenolic OH excluding ortho intramolecular Hbond substituents is 1. The van der Waals surface area contributed by atoms with Crippen LogP contribution in [-0.4, -0.2) is 10.1 Å². The monoisotopic (exact) mass is 361 g/mol. The fourth-order valence-electron chi connectivity index (χ4n) is 3.51. The number of phenols is 1. The average molecular weight is 362 g/mol. The van der Waals surface area contributed by atoms with E-state index >= 15 is 0 Å². The van der Waals surface area contributed by atoms with E-state index in [2.05, 4.69) is 71.9 Å². The first-order valence-electron chi connectivity index (χ1n) is 9.93. The summed E-state index contributed by atoms with van der Waals surface area (Å²) in [4.78, 5) is 4.79. The molecule has 0 saturated heterocycles. The number of rotatable bonds is 5. The number of fused-ring (bicyclic) bond motifs is 1. The van der Waals surface area contributed by atoms with Crippen molar-refractivity contribution in [1.82, 2.24) is 4.98 Å². The van der Waals surface area contributed by atoms with E-state index in [-0.39, 0.29) is 10.8 Å². The largest absolute Gasteiger partial charge is 0.507 e. The van der Waals surface area contributed by atoms with Crippen LogP contribution >= 0.6 is 0 Å². The summed E-state index contributed by atoms with van der Waals surface area (Å²) in [6, 6.07) is 14.4. The smallest absolute Gasteiger partial charge is 0.125 e. The second-order valence-corrected chi connectivity index (χ2v) is 8.78. The van der Waals surface area contributed by atoms with E-state index in [9.17, 15) is 5.11 Å². The number of aromatic hydroxyl groups is 1. The first-order valence-corrected chi connectivity index (χ1v) is 9.93. The molecule has 0 radical (unpaired) electrons. The van der Waals surface area contributed by atoms with Crippen LogP contribution in [0.1, 0.15) is 65.5 Å². The van der Waals surface area contributed by atoms with Crippen LogP contribution in [0.25, 0.3) is 22.0 Å². The molecule has 3 aromatic rings. The van der Waals surface area contributed by atoms with Crippen LogP contribution in [0.4, 0.5) is 0 Å². The van der Waals surface area contributed by atoms with Gasteiger partial charge >= 0.3 is 0 Å². The maximum absolute atomic E-state index is 11.1. The number of hydrogen-bond acceptors (Lipinski definition) is 2. The van der Waals surface area contributed by atoms with Crippen LogP contribution in [0.2, 0.25) is 0 Å². The van der Waals surface area contributed by atoms with Crippen LogP contribution in [0.5, 0.6) is 5.75 Å². The Kier molecular flexibility index (Phi) is 5.03. The molecular formula is C25H31NO. The van der Waals surface area contributed by atoms with E-state index in [4.69, 9.17) is 4.98 Å². The quantitative estimate of drug-likeness (QED) is 0.531. The van der Waals surface area contributed by atoms with Gasteiger partial charge in [0.2, 0.25) is 0 Å². The molecule has 2 aromatic carbocycles. The lowest BCUT2D eigenvalue weighted by Crippen LogP contribution is -2.18. The zero-order chi connectivity index (χ0) is 19.8. The minimum absolute atomic E-state index is 0.00161. The Morgan fingerprint density at radius 1 is 0.889 bits per heavy atom. The van der Waals surface area contributed by atoms with E-state index in [0.29, 0.717) is 5.75 Å². The Labute approximate surface area is 163 Å². The molecule has 0 fully saturated rings. The molecule has 0 atom stereocenters. The van der Waals surface area contributed by atoms with Gasteiger partial charge in [0.25, 0.3) is 0 Å². The number of aromatic nitrogens is 1. The molecule has 27 heavy (non-hydrogen) atoms. The molecule has 1 N–H and O–H groups in total. The van der Waals surface area contributed by atoms with Gasteiger partial charge in [0.05, 0.1) is 10.9 Å². The number of hydrogen-bond donors (Lipinski definition) is 1. The Morgan fingerprint density at radius 2 is 1.52 bits per heavy atom. The summed E-state index contributed by atoms with van der Waals surface area (Å²) >= 11 is 0. The Bertz CT molecular complexity index is 955. The summed E-state index contributed by atoms with van der Waals surface area (Å²) in [5.74, 6) is 0.323. The van der Waals surface area contributed by atoms with E-state index < -0.39 is 0 Å². The van der Waals surface area contributed by atoms with E-state index in [0.717, 1.165) is 40.4 Å². The summed E-state index contributed by atoms with van der Waals surface area (Å²) < 4.78 is 0. The molecule has 3 rings (SSSR count). The third kappa shape index (κ3) is 3.45. The van der Waals surface area contributed by atoms with E-state index in [1.165, 1.54) is 5.56 Å². The van der Waals surface area contributed by atoms with Crippen LogP contribution in [0, 0.1) is 0 Å². The number of benzene rings is 2. The molecule has 1 heterocycles. The van der Waals surface area contributed by atoms with Gasteiger partial charge in [-0.15, -0.1) is 0 Å². The Morgan fingerprint density at radius 3 is 2.11 bits per heavy atom. The van der Waals surface area contributed by atoms with Gasteiger partial charge in [0, 0.05) is 11.8 Å². The number of nitrogens with zero attached hydrogens (tertiary/aromatic N) is 1. The topological polar surface area (TPSA) is 33.1 Å². The van der Waals surface area contributed by atoms with Gasteiger partial charge in [0.15, 0.2) is 0 Å². The SMILES string of the molecule is CCC(C)(C)c1cc(O)c2c(-c3ccccc3)c(C(C)(C)CC)cnc2c1. The zero-order valence-electron chi connectivity index (χ0n) is 17.4. The molecule has 0 aliphatic heterocycles. The summed E-state index contributed by atoms with van der Waals surface area (Å²) in [5, 5.41) is 11.9. The van der Waals surface area contributed by atoms with E-state index in [1.807, 2.05) is 18.3 Å². The Balaban J connectivity index is 2.41. The van der Waals surface area contributed by atoms with Gasteiger partial charge < -0.3 is 5.11 Å². The highest BCUT2D eigenvalue weighted by Gasteiger charge is 2.27. The predicted molar refractivity (Wildman–Crippen MR) is 115 cm³/mol. The molecule has 0 spiro atoms. The van der Waals surface area contributed by atoms with Crippen molar-refractivity contribution in [2.75, 3.05) is 0 Å². The predicted octanol–water partition coefficient (Wildman–Crippen LogP) is 6.98. The minimum atomic E-state index is -0.0276. The molecule has 0 amide bonds.